The molecule has 110 valence electrons. The van der Waals surface area contributed by atoms with E-state index in [0.29, 0.717) is 11.7 Å². The lowest BCUT2D eigenvalue weighted by Crippen LogP contribution is -2.43. The second kappa shape index (κ2) is 7.12. The van der Waals surface area contributed by atoms with Crippen LogP contribution >= 0.6 is 11.8 Å². The van der Waals surface area contributed by atoms with Gasteiger partial charge in [0.1, 0.15) is 5.78 Å². The molecule has 2 fully saturated rings. The van der Waals surface area contributed by atoms with E-state index in [-0.39, 0.29) is 11.5 Å². The van der Waals surface area contributed by atoms with Crippen molar-refractivity contribution < 1.29 is 9.53 Å². The first kappa shape index (κ1) is 15.4. The highest BCUT2D eigenvalue weighted by atomic mass is 32.2. The van der Waals surface area contributed by atoms with Gasteiger partial charge in [0.25, 0.3) is 0 Å². The van der Waals surface area contributed by atoms with Gasteiger partial charge in [0.2, 0.25) is 0 Å². The molecular weight excluding hydrogens is 256 g/mol. The topological polar surface area (TPSA) is 26.3 Å². The molecule has 0 saturated carbocycles. The van der Waals surface area contributed by atoms with Gasteiger partial charge in [-0.05, 0) is 37.9 Å². The van der Waals surface area contributed by atoms with Crippen LogP contribution in [0.2, 0.25) is 0 Å². The lowest BCUT2D eigenvalue weighted by atomic mass is 9.77. The highest BCUT2D eigenvalue weighted by Crippen LogP contribution is 2.41. The Morgan fingerprint density at radius 3 is 2.68 bits per heavy atom. The molecule has 0 aromatic heterocycles. The van der Waals surface area contributed by atoms with Gasteiger partial charge in [-0.1, -0.05) is 26.7 Å². The molecule has 0 radical (unpaired) electrons. The van der Waals surface area contributed by atoms with Crippen LogP contribution in [-0.4, -0.2) is 29.5 Å². The third kappa shape index (κ3) is 3.75. The number of thioether (sulfide) groups is 1. The van der Waals surface area contributed by atoms with Crippen molar-refractivity contribution in [1.29, 1.82) is 0 Å². The van der Waals surface area contributed by atoms with Crippen molar-refractivity contribution in [3.63, 3.8) is 0 Å². The fourth-order valence-corrected chi connectivity index (χ4v) is 4.97. The molecule has 2 aliphatic rings. The first-order chi connectivity index (χ1) is 9.21. The van der Waals surface area contributed by atoms with Crippen molar-refractivity contribution >= 4 is 17.5 Å². The number of hydrogen-bond donors (Lipinski definition) is 0. The maximum atomic E-state index is 12.8. The van der Waals surface area contributed by atoms with Crippen molar-refractivity contribution in [1.82, 2.24) is 0 Å². The first-order valence-corrected chi connectivity index (χ1v) is 9.11. The Morgan fingerprint density at radius 1 is 1.37 bits per heavy atom. The van der Waals surface area contributed by atoms with E-state index >= 15 is 0 Å². The smallest absolute Gasteiger partial charge is 0.139 e. The molecule has 2 heterocycles. The number of ketones is 1. The SMILES string of the molecule is CCCC(CCC)C(=O)C1CCOC2(CCSC2)C1. The van der Waals surface area contributed by atoms with Crippen LogP contribution in [0.1, 0.15) is 58.8 Å². The molecule has 2 atom stereocenters. The van der Waals surface area contributed by atoms with Gasteiger partial charge < -0.3 is 4.74 Å². The summed E-state index contributed by atoms with van der Waals surface area (Å²) in [7, 11) is 0. The summed E-state index contributed by atoms with van der Waals surface area (Å²) in [6.07, 6.45) is 7.49. The van der Waals surface area contributed by atoms with Crippen molar-refractivity contribution in [2.24, 2.45) is 11.8 Å². The number of carbonyl (C=O) groups excluding carboxylic acids is 1. The van der Waals surface area contributed by atoms with Crippen LogP contribution in [0.5, 0.6) is 0 Å². The molecule has 0 aliphatic carbocycles. The lowest BCUT2D eigenvalue weighted by molar-refractivity contribution is -0.138. The van der Waals surface area contributed by atoms with Crippen LogP contribution in [0.3, 0.4) is 0 Å². The zero-order valence-corrected chi connectivity index (χ0v) is 13.3. The van der Waals surface area contributed by atoms with Crippen molar-refractivity contribution in [2.75, 3.05) is 18.1 Å². The predicted molar refractivity (Wildman–Crippen MR) is 81.7 cm³/mol. The first-order valence-electron chi connectivity index (χ1n) is 7.96. The minimum Gasteiger partial charge on any atom is -0.374 e. The second-order valence-electron chi connectivity index (χ2n) is 6.20. The molecule has 2 aliphatic heterocycles. The summed E-state index contributed by atoms with van der Waals surface area (Å²) in [5, 5.41) is 0. The van der Waals surface area contributed by atoms with Gasteiger partial charge in [0.05, 0.1) is 5.60 Å². The molecule has 1 spiro atoms. The summed E-state index contributed by atoms with van der Waals surface area (Å²) < 4.78 is 6.03. The van der Waals surface area contributed by atoms with Crippen LogP contribution in [-0.2, 0) is 9.53 Å². The summed E-state index contributed by atoms with van der Waals surface area (Å²) in [6.45, 7) is 5.17. The average molecular weight is 284 g/mol. The maximum absolute atomic E-state index is 12.8. The van der Waals surface area contributed by atoms with Gasteiger partial charge in [-0.3, -0.25) is 4.79 Å². The van der Waals surface area contributed by atoms with Crippen molar-refractivity contribution in [3.05, 3.63) is 0 Å². The van der Waals surface area contributed by atoms with Gasteiger partial charge in [0, 0.05) is 24.2 Å². The Labute approximate surface area is 122 Å². The largest absolute Gasteiger partial charge is 0.374 e. The number of hydrogen-bond acceptors (Lipinski definition) is 3. The summed E-state index contributed by atoms with van der Waals surface area (Å²) in [5.41, 5.74) is 0.0478. The Balaban J connectivity index is 1.97. The van der Waals surface area contributed by atoms with E-state index in [1.54, 1.807) is 0 Å². The zero-order valence-electron chi connectivity index (χ0n) is 12.5. The van der Waals surface area contributed by atoms with E-state index in [1.807, 2.05) is 11.8 Å². The third-order valence-electron chi connectivity index (χ3n) is 4.64. The van der Waals surface area contributed by atoms with Gasteiger partial charge in [-0.2, -0.15) is 11.8 Å². The lowest BCUT2D eigenvalue weighted by Gasteiger charge is -2.38. The monoisotopic (exact) mass is 284 g/mol. The Bertz CT molecular complexity index is 291. The van der Waals surface area contributed by atoms with Gasteiger partial charge >= 0.3 is 0 Å². The van der Waals surface area contributed by atoms with Crippen LogP contribution in [0.25, 0.3) is 0 Å². The normalized spacial score (nSPS) is 31.2. The van der Waals surface area contributed by atoms with Crippen LogP contribution < -0.4 is 0 Å². The van der Waals surface area contributed by atoms with Gasteiger partial charge in [-0.25, -0.2) is 0 Å². The molecule has 0 aromatic carbocycles. The highest BCUT2D eigenvalue weighted by molar-refractivity contribution is 7.99. The fourth-order valence-electron chi connectivity index (χ4n) is 3.59. The number of rotatable bonds is 6. The summed E-state index contributed by atoms with van der Waals surface area (Å²) in [5.74, 6) is 3.43. The molecular formula is C16H28O2S. The Kier molecular flexibility index (Phi) is 5.76. The van der Waals surface area contributed by atoms with E-state index in [0.717, 1.165) is 57.3 Å². The van der Waals surface area contributed by atoms with Gasteiger partial charge in [0.15, 0.2) is 0 Å². The van der Waals surface area contributed by atoms with Crippen molar-refractivity contribution in [3.8, 4) is 0 Å². The molecule has 0 N–H and O–H groups in total. The minimum absolute atomic E-state index is 0.0478. The van der Waals surface area contributed by atoms with E-state index in [9.17, 15) is 4.79 Å². The molecule has 2 unspecified atom stereocenters. The average Bonchev–Trinajstić information content (AvgIpc) is 2.86. The quantitative estimate of drug-likeness (QED) is 0.735. The van der Waals surface area contributed by atoms with Crippen LogP contribution in [0.15, 0.2) is 0 Å². The standard InChI is InChI=1S/C16H28O2S/c1-3-5-13(6-4-2)15(17)14-7-9-18-16(11-14)8-10-19-12-16/h13-14H,3-12H2,1-2H3. The summed E-state index contributed by atoms with van der Waals surface area (Å²) >= 11 is 1.99. The summed E-state index contributed by atoms with van der Waals surface area (Å²) in [4.78, 5) is 12.8. The molecule has 0 aromatic rings. The van der Waals surface area contributed by atoms with E-state index in [1.165, 1.54) is 5.75 Å². The van der Waals surface area contributed by atoms with Gasteiger partial charge in [-0.15, -0.1) is 0 Å². The predicted octanol–water partition coefficient (Wildman–Crippen LogP) is 4.07. The minimum atomic E-state index is 0.0478. The molecule has 2 rings (SSSR count). The number of Topliss-reactive ketones (excluding diaryl/α,β-unsaturated/α-hetero) is 1. The Morgan fingerprint density at radius 2 is 2.11 bits per heavy atom. The fraction of sp³-hybridized carbons (Fsp3) is 0.938. The Hall–Kier alpha value is -0.0200. The van der Waals surface area contributed by atoms with Crippen molar-refractivity contribution in [2.45, 2.75) is 64.4 Å². The van der Waals surface area contributed by atoms with E-state index < -0.39 is 0 Å². The highest BCUT2D eigenvalue weighted by Gasteiger charge is 2.43. The molecule has 3 heteroatoms. The molecule has 19 heavy (non-hydrogen) atoms. The third-order valence-corrected chi connectivity index (χ3v) is 5.86. The summed E-state index contributed by atoms with van der Waals surface area (Å²) in [6, 6.07) is 0. The number of ether oxygens (including phenoxy) is 1. The van der Waals surface area contributed by atoms with Crippen LogP contribution in [0, 0.1) is 11.8 Å². The molecule has 0 bridgehead atoms. The molecule has 2 nitrogen and oxygen atoms in total. The zero-order chi connectivity index (χ0) is 13.7. The second-order valence-corrected chi connectivity index (χ2v) is 7.31. The molecule has 2 saturated heterocycles. The van der Waals surface area contributed by atoms with E-state index in [2.05, 4.69) is 13.8 Å². The van der Waals surface area contributed by atoms with Crippen LogP contribution in [0.4, 0.5) is 0 Å². The maximum Gasteiger partial charge on any atom is 0.139 e. The van der Waals surface area contributed by atoms with E-state index in [4.69, 9.17) is 4.74 Å². The number of carbonyl (C=O) groups is 1. The molecule has 0 amide bonds.